The Kier molecular flexibility index (Phi) is 5.56. The van der Waals surface area contributed by atoms with Crippen LogP contribution in [0.25, 0.3) is 0 Å². The smallest absolute Gasteiger partial charge is 0.400 e. The predicted molar refractivity (Wildman–Crippen MR) is 65.4 cm³/mol. The topological polar surface area (TPSA) is 92.8 Å². The van der Waals surface area contributed by atoms with Crippen molar-refractivity contribution in [2.45, 2.75) is 12.7 Å². The second-order valence-electron chi connectivity index (χ2n) is 3.96. The van der Waals surface area contributed by atoms with E-state index in [1.165, 1.54) is 13.3 Å². The number of hydrogen-bond donors (Lipinski definition) is 3. The van der Waals surface area contributed by atoms with E-state index in [0.29, 0.717) is 11.4 Å². The molecule has 0 radical (unpaired) electrons. The maximum Gasteiger partial charge on any atom is 0.400 e. The van der Waals surface area contributed by atoms with Gasteiger partial charge < -0.3 is 21.0 Å². The summed E-state index contributed by atoms with van der Waals surface area (Å²) in [6.07, 6.45) is -3.10. The van der Waals surface area contributed by atoms with Crippen LogP contribution in [0.3, 0.4) is 0 Å². The molecule has 0 spiro atoms. The number of pyridine rings is 1. The van der Waals surface area contributed by atoms with E-state index in [9.17, 15) is 13.2 Å². The monoisotopic (exact) mass is 292 g/mol. The zero-order valence-corrected chi connectivity index (χ0v) is 10.7. The number of oxime groups is 1. The molecule has 0 saturated heterocycles. The number of amidine groups is 1. The highest BCUT2D eigenvalue weighted by Crippen LogP contribution is 2.25. The van der Waals surface area contributed by atoms with Gasteiger partial charge in [-0.05, 0) is 11.6 Å². The van der Waals surface area contributed by atoms with Crippen LogP contribution < -0.4 is 15.8 Å². The summed E-state index contributed by atoms with van der Waals surface area (Å²) in [5.41, 5.74) is 5.74. The number of methoxy groups -OCH3 is 1. The molecule has 0 amide bonds. The number of ether oxygens (including phenoxy) is 1. The molecule has 0 aliphatic rings. The maximum absolute atomic E-state index is 12.7. The molecule has 20 heavy (non-hydrogen) atoms. The summed E-state index contributed by atoms with van der Waals surface area (Å²) in [6.45, 7) is -0.325. The first-order valence-corrected chi connectivity index (χ1v) is 5.62. The standard InChI is InChI=1S/C11H15F3N4O2/c1-20-9-4-7(2-3-17-9)5-16-6-8(10(15)18-19)11(12,13)14/h2-4,8,16,19H,5-6H2,1H3,(H2,15,18). The van der Waals surface area contributed by atoms with E-state index < -0.39 is 24.5 Å². The Labute approximate surface area is 113 Å². The Morgan fingerprint density at radius 1 is 1.60 bits per heavy atom. The Morgan fingerprint density at radius 3 is 2.85 bits per heavy atom. The van der Waals surface area contributed by atoms with Crippen molar-refractivity contribution in [2.75, 3.05) is 13.7 Å². The number of nitrogens with one attached hydrogen (secondary N) is 1. The lowest BCUT2D eigenvalue weighted by atomic mass is 10.1. The van der Waals surface area contributed by atoms with Crippen LogP contribution in [0, 0.1) is 5.92 Å². The molecule has 0 aliphatic carbocycles. The molecule has 1 aromatic heterocycles. The maximum atomic E-state index is 12.7. The van der Waals surface area contributed by atoms with Gasteiger partial charge in [-0.2, -0.15) is 13.2 Å². The Hall–Kier alpha value is -2.03. The fourth-order valence-corrected chi connectivity index (χ4v) is 1.49. The van der Waals surface area contributed by atoms with Gasteiger partial charge in [-0.3, -0.25) is 0 Å². The minimum absolute atomic E-state index is 0.171. The van der Waals surface area contributed by atoms with Crippen molar-refractivity contribution in [3.05, 3.63) is 23.9 Å². The molecular weight excluding hydrogens is 277 g/mol. The van der Waals surface area contributed by atoms with Gasteiger partial charge in [0.15, 0.2) is 5.84 Å². The molecule has 6 nitrogen and oxygen atoms in total. The molecule has 1 aromatic rings. The first-order valence-electron chi connectivity index (χ1n) is 5.62. The largest absolute Gasteiger partial charge is 0.481 e. The highest BCUT2D eigenvalue weighted by Gasteiger charge is 2.42. The van der Waals surface area contributed by atoms with Gasteiger partial charge in [0.2, 0.25) is 5.88 Å². The van der Waals surface area contributed by atoms with Crippen molar-refractivity contribution in [3.63, 3.8) is 0 Å². The number of aromatic nitrogens is 1. The van der Waals surface area contributed by atoms with E-state index in [1.54, 1.807) is 12.1 Å². The van der Waals surface area contributed by atoms with Crippen molar-refractivity contribution in [2.24, 2.45) is 16.8 Å². The van der Waals surface area contributed by atoms with Gasteiger partial charge in [0.25, 0.3) is 0 Å². The summed E-state index contributed by atoms with van der Waals surface area (Å²) in [7, 11) is 1.44. The van der Waals surface area contributed by atoms with E-state index in [0.717, 1.165) is 0 Å². The summed E-state index contributed by atoms with van der Waals surface area (Å²) in [4.78, 5) is 3.88. The summed E-state index contributed by atoms with van der Waals surface area (Å²) < 4.78 is 42.9. The van der Waals surface area contributed by atoms with Gasteiger partial charge in [-0.15, -0.1) is 0 Å². The summed E-state index contributed by atoms with van der Waals surface area (Å²) in [5, 5.41) is 13.4. The summed E-state index contributed by atoms with van der Waals surface area (Å²) >= 11 is 0. The van der Waals surface area contributed by atoms with Gasteiger partial charge in [0.05, 0.1) is 7.11 Å². The third-order valence-electron chi connectivity index (χ3n) is 2.55. The average molecular weight is 292 g/mol. The van der Waals surface area contributed by atoms with Crippen molar-refractivity contribution < 1.29 is 23.1 Å². The molecule has 0 bridgehead atoms. The highest BCUT2D eigenvalue weighted by atomic mass is 19.4. The van der Waals surface area contributed by atoms with Gasteiger partial charge in [0, 0.05) is 25.4 Å². The number of nitrogens with two attached hydrogens (primary N) is 1. The number of rotatable bonds is 6. The van der Waals surface area contributed by atoms with Gasteiger partial charge in [-0.1, -0.05) is 5.16 Å². The lowest BCUT2D eigenvalue weighted by Crippen LogP contribution is -2.42. The molecule has 9 heteroatoms. The van der Waals surface area contributed by atoms with Crippen LogP contribution in [-0.4, -0.2) is 35.9 Å². The minimum atomic E-state index is -4.58. The third-order valence-corrected chi connectivity index (χ3v) is 2.55. The summed E-state index contributed by atoms with van der Waals surface area (Å²) in [6, 6.07) is 3.24. The number of hydrogen-bond acceptors (Lipinski definition) is 5. The molecule has 0 saturated carbocycles. The lowest BCUT2D eigenvalue weighted by Gasteiger charge is -2.19. The van der Waals surface area contributed by atoms with Crippen LogP contribution in [-0.2, 0) is 6.54 Å². The van der Waals surface area contributed by atoms with Crippen molar-refractivity contribution in [1.29, 1.82) is 0 Å². The Morgan fingerprint density at radius 2 is 2.30 bits per heavy atom. The quantitative estimate of drug-likeness (QED) is 0.316. The fraction of sp³-hybridized carbons (Fsp3) is 0.455. The van der Waals surface area contributed by atoms with Crippen molar-refractivity contribution >= 4 is 5.84 Å². The van der Waals surface area contributed by atoms with Gasteiger partial charge >= 0.3 is 6.18 Å². The van der Waals surface area contributed by atoms with E-state index in [1.807, 2.05) is 0 Å². The molecule has 4 N–H and O–H groups in total. The van der Waals surface area contributed by atoms with Gasteiger partial charge in [0.1, 0.15) is 5.92 Å². The fourth-order valence-electron chi connectivity index (χ4n) is 1.49. The Balaban J connectivity index is 2.60. The van der Waals surface area contributed by atoms with Crippen LogP contribution in [0.1, 0.15) is 5.56 Å². The zero-order chi connectivity index (χ0) is 15.2. The van der Waals surface area contributed by atoms with Crippen LogP contribution in [0.5, 0.6) is 5.88 Å². The normalized spacial score (nSPS) is 14.1. The van der Waals surface area contributed by atoms with E-state index in [-0.39, 0.29) is 6.54 Å². The molecule has 1 heterocycles. The SMILES string of the molecule is COc1cc(CNCC(/C(N)=N/O)C(F)(F)F)ccn1. The first-order chi connectivity index (χ1) is 9.38. The molecule has 1 unspecified atom stereocenters. The van der Waals surface area contributed by atoms with E-state index in [2.05, 4.69) is 15.5 Å². The second-order valence-corrected chi connectivity index (χ2v) is 3.96. The predicted octanol–water partition coefficient (Wildman–Crippen LogP) is 1.10. The zero-order valence-electron chi connectivity index (χ0n) is 10.7. The highest BCUT2D eigenvalue weighted by molar-refractivity contribution is 5.83. The molecule has 1 rings (SSSR count). The summed E-state index contributed by atoms with van der Waals surface area (Å²) in [5.74, 6) is -2.55. The Bertz CT molecular complexity index is 465. The van der Waals surface area contributed by atoms with Crippen LogP contribution in [0.4, 0.5) is 13.2 Å². The second kappa shape index (κ2) is 6.94. The number of halogens is 3. The van der Waals surface area contributed by atoms with Crippen molar-refractivity contribution in [3.8, 4) is 5.88 Å². The molecular formula is C11H15F3N4O2. The average Bonchev–Trinajstić information content (AvgIpc) is 2.41. The first kappa shape index (κ1) is 16.0. The van der Waals surface area contributed by atoms with Crippen LogP contribution >= 0.6 is 0 Å². The molecule has 0 fully saturated rings. The number of alkyl halides is 3. The van der Waals surface area contributed by atoms with Gasteiger partial charge in [-0.25, -0.2) is 4.98 Å². The molecule has 1 atom stereocenters. The molecule has 0 aromatic carbocycles. The van der Waals surface area contributed by atoms with Crippen LogP contribution in [0.15, 0.2) is 23.5 Å². The number of nitrogens with zero attached hydrogens (tertiary/aromatic N) is 2. The van der Waals surface area contributed by atoms with Crippen molar-refractivity contribution in [1.82, 2.24) is 10.3 Å². The van der Waals surface area contributed by atoms with Crippen LogP contribution in [0.2, 0.25) is 0 Å². The lowest BCUT2D eigenvalue weighted by molar-refractivity contribution is -0.154. The van der Waals surface area contributed by atoms with E-state index in [4.69, 9.17) is 15.7 Å². The molecule has 0 aliphatic heterocycles. The molecule has 112 valence electrons. The van der Waals surface area contributed by atoms with E-state index >= 15 is 0 Å². The minimum Gasteiger partial charge on any atom is -0.481 e. The third kappa shape index (κ3) is 4.57.